The van der Waals surface area contributed by atoms with Crippen molar-refractivity contribution in [3.63, 3.8) is 0 Å². The van der Waals surface area contributed by atoms with E-state index in [-0.39, 0.29) is 0 Å². The van der Waals surface area contributed by atoms with Crippen molar-refractivity contribution in [2.75, 3.05) is 13.6 Å². The number of hydrogen-bond acceptors (Lipinski definition) is 3. The summed E-state index contributed by atoms with van der Waals surface area (Å²) in [6.07, 6.45) is 7.54. The fraction of sp³-hybridized carbons (Fsp3) is 0.647. The molecule has 3 N–H and O–H groups in total. The molecule has 0 heterocycles. The first-order valence-electron chi connectivity index (χ1n) is 7.88. The number of nitrogens with two attached hydrogens (primary N) is 1. The molecule has 0 aromatic heterocycles. The SMILES string of the molecule is CN(CC(O)c1ccc(CN)cc1)C1CCCCCC1. The highest BCUT2D eigenvalue weighted by molar-refractivity contribution is 5.24. The molecular weight excluding hydrogens is 248 g/mol. The molecule has 1 aromatic rings. The van der Waals surface area contributed by atoms with Crippen LogP contribution in [0.3, 0.4) is 0 Å². The molecule has 20 heavy (non-hydrogen) atoms. The summed E-state index contributed by atoms with van der Waals surface area (Å²) in [7, 11) is 2.15. The maximum absolute atomic E-state index is 10.4. The number of aliphatic hydroxyl groups is 1. The van der Waals surface area contributed by atoms with Crippen LogP contribution >= 0.6 is 0 Å². The van der Waals surface area contributed by atoms with Crippen molar-refractivity contribution in [2.45, 2.75) is 57.2 Å². The van der Waals surface area contributed by atoms with E-state index in [9.17, 15) is 5.11 Å². The number of nitrogens with zero attached hydrogens (tertiary/aromatic N) is 1. The lowest BCUT2D eigenvalue weighted by Gasteiger charge is -2.29. The lowest BCUT2D eigenvalue weighted by molar-refractivity contribution is 0.0990. The van der Waals surface area contributed by atoms with Gasteiger partial charge < -0.3 is 15.7 Å². The minimum Gasteiger partial charge on any atom is -0.387 e. The van der Waals surface area contributed by atoms with E-state index in [1.54, 1.807) is 0 Å². The monoisotopic (exact) mass is 276 g/mol. The molecule has 3 heteroatoms. The first-order chi connectivity index (χ1) is 9.70. The molecule has 1 saturated carbocycles. The van der Waals surface area contributed by atoms with E-state index in [4.69, 9.17) is 5.73 Å². The van der Waals surface area contributed by atoms with Gasteiger partial charge in [0.25, 0.3) is 0 Å². The van der Waals surface area contributed by atoms with Crippen molar-refractivity contribution in [3.05, 3.63) is 35.4 Å². The second-order valence-corrected chi connectivity index (χ2v) is 6.05. The van der Waals surface area contributed by atoms with Gasteiger partial charge in [0.2, 0.25) is 0 Å². The van der Waals surface area contributed by atoms with Crippen LogP contribution in [-0.2, 0) is 6.54 Å². The summed E-state index contributed by atoms with van der Waals surface area (Å²) in [4.78, 5) is 2.34. The number of likely N-dealkylation sites (N-methyl/N-ethyl adjacent to an activating group) is 1. The van der Waals surface area contributed by atoms with Crippen LogP contribution in [-0.4, -0.2) is 29.6 Å². The lowest BCUT2D eigenvalue weighted by Crippen LogP contribution is -2.34. The highest BCUT2D eigenvalue weighted by Crippen LogP contribution is 2.23. The van der Waals surface area contributed by atoms with Crippen LogP contribution in [0.5, 0.6) is 0 Å². The average Bonchev–Trinajstić information content (AvgIpc) is 2.76. The van der Waals surface area contributed by atoms with Gasteiger partial charge in [-0.1, -0.05) is 49.9 Å². The second-order valence-electron chi connectivity index (χ2n) is 6.05. The van der Waals surface area contributed by atoms with E-state index in [1.807, 2.05) is 24.3 Å². The van der Waals surface area contributed by atoms with E-state index in [0.29, 0.717) is 19.1 Å². The van der Waals surface area contributed by atoms with Gasteiger partial charge in [-0.2, -0.15) is 0 Å². The fourth-order valence-corrected chi connectivity index (χ4v) is 3.10. The summed E-state index contributed by atoms with van der Waals surface area (Å²) < 4.78 is 0. The Morgan fingerprint density at radius 2 is 1.75 bits per heavy atom. The van der Waals surface area contributed by atoms with Crippen LogP contribution in [0.4, 0.5) is 0 Å². The van der Waals surface area contributed by atoms with Gasteiger partial charge >= 0.3 is 0 Å². The highest BCUT2D eigenvalue weighted by Gasteiger charge is 2.19. The minimum absolute atomic E-state index is 0.407. The molecule has 2 rings (SSSR count). The predicted molar refractivity (Wildman–Crippen MR) is 83.4 cm³/mol. The second kappa shape index (κ2) is 7.77. The Kier molecular flexibility index (Phi) is 6.02. The smallest absolute Gasteiger partial charge is 0.0916 e. The van der Waals surface area contributed by atoms with Gasteiger partial charge in [0.15, 0.2) is 0 Å². The first-order valence-corrected chi connectivity index (χ1v) is 7.88. The quantitative estimate of drug-likeness (QED) is 0.813. The zero-order valence-corrected chi connectivity index (χ0v) is 12.6. The number of benzene rings is 1. The van der Waals surface area contributed by atoms with E-state index < -0.39 is 6.10 Å². The number of hydrogen-bond donors (Lipinski definition) is 2. The van der Waals surface area contributed by atoms with Crippen molar-refractivity contribution in [1.29, 1.82) is 0 Å². The van der Waals surface area contributed by atoms with Gasteiger partial charge in [0, 0.05) is 19.1 Å². The van der Waals surface area contributed by atoms with E-state index in [0.717, 1.165) is 11.1 Å². The standard InChI is InChI=1S/C17H28N2O/c1-19(16-6-4-2-3-5-7-16)13-17(20)15-10-8-14(12-18)9-11-15/h8-11,16-17,20H,2-7,12-13,18H2,1H3. The molecule has 1 atom stereocenters. The molecule has 1 fully saturated rings. The fourth-order valence-electron chi connectivity index (χ4n) is 3.10. The Morgan fingerprint density at radius 1 is 1.15 bits per heavy atom. The summed E-state index contributed by atoms with van der Waals surface area (Å²) in [6.45, 7) is 1.27. The van der Waals surface area contributed by atoms with Crippen molar-refractivity contribution in [2.24, 2.45) is 5.73 Å². The van der Waals surface area contributed by atoms with E-state index >= 15 is 0 Å². The molecule has 1 aromatic carbocycles. The van der Waals surface area contributed by atoms with Crippen LogP contribution in [0, 0.1) is 0 Å². The molecule has 0 aliphatic heterocycles. The average molecular weight is 276 g/mol. The van der Waals surface area contributed by atoms with Crippen molar-refractivity contribution in [1.82, 2.24) is 4.90 Å². The number of rotatable bonds is 5. The van der Waals surface area contributed by atoms with Gasteiger partial charge in [-0.15, -0.1) is 0 Å². The first kappa shape index (κ1) is 15.5. The molecule has 0 radical (unpaired) electrons. The highest BCUT2D eigenvalue weighted by atomic mass is 16.3. The summed E-state index contributed by atoms with van der Waals surface area (Å²) in [5, 5.41) is 10.4. The minimum atomic E-state index is -0.407. The predicted octanol–water partition coefficient (Wildman–Crippen LogP) is 2.83. The van der Waals surface area contributed by atoms with Crippen LogP contribution in [0.2, 0.25) is 0 Å². The van der Waals surface area contributed by atoms with Crippen LogP contribution in [0.25, 0.3) is 0 Å². The molecule has 0 amide bonds. The third-order valence-electron chi connectivity index (χ3n) is 4.51. The molecule has 112 valence electrons. The van der Waals surface area contributed by atoms with Gasteiger partial charge in [-0.3, -0.25) is 0 Å². The summed E-state index contributed by atoms with van der Waals surface area (Å²) in [5.41, 5.74) is 7.70. The van der Waals surface area contributed by atoms with Crippen LogP contribution in [0.15, 0.2) is 24.3 Å². The molecule has 1 aliphatic carbocycles. The van der Waals surface area contributed by atoms with Crippen molar-refractivity contribution >= 4 is 0 Å². The molecule has 0 spiro atoms. The van der Waals surface area contributed by atoms with Gasteiger partial charge in [-0.05, 0) is 31.0 Å². The summed E-state index contributed by atoms with van der Waals surface area (Å²) in [5.74, 6) is 0. The number of aliphatic hydroxyl groups excluding tert-OH is 1. The maximum Gasteiger partial charge on any atom is 0.0916 e. The Morgan fingerprint density at radius 3 is 2.30 bits per heavy atom. The van der Waals surface area contributed by atoms with Gasteiger partial charge in [0.1, 0.15) is 0 Å². The Labute approximate surface area is 122 Å². The molecule has 0 bridgehead atoms. The van der Waals surface area contributed by atoms with Crippen LogP contribution < -0.4 is 5.73 Å². The topological polar surface area (TPSA) is 49.5 Å². The molecule has 1 unspecified atom stereocenters. The van der Waals surface area contributed by atoms with Crippen molar-refractivity contribution < 1.29 is 5.11 Å². The van der Waals surface area contributed by atoms with Crippen molar-refractivity contribution in [3.8, 4) is 0 Å². The van der Waals surface area contributed by atoms with Gasteiger partial charge in [-0.25, -0.2) is 0 Å². The van der Waals surface area contributed by atoms with E-state index in [2.05, 4.69) is 11.9 Å². The largest absolute Gasteiger partial charge is 0.387 e. The van der Waals surface area contributed by atoms with Crippen LogP contribution in [0.1, 0.15) is 55.8 Å². The molecular formula is C17H28N2O. The zero-order chi connectivity index (χ0) is 14.4. The normalized spacial score (nSPS) is 19.0. The molecule has 1 aliphatic rings. The zero-order valence-electron chi connectivity index (χ0n) is 12.6. The molecule has 0 saturated heterocycles. The Hall–Kier alpha value is -0.900. The van der Waals surface area contributed by atoms with E-state index in [1.165, 1.54) is 38.5 Å². The van der Waals surface area contributed by atoms with Gasteiger partial charge in [0.05, 0.1) is 6.10 Å². The summed E-state index contributed by atoms with van der Waals surface area (Å²) in [6, 6.07) is 8.63. The third-order valence-corrected chi connectivity index (χ3v) is 4.51. The molecule has 3 nitrogen and oxygen atoms in total. The lowest BCUT2D eigenvalue weighted by atomic mass is 10.0. The third kappa shape index (κ3) is 4.30. The Balaban J connectivity index is 1.89. The maximum atomic E-state index is 10.4. The summed E-state index contributed by atoms with van der Waals surface area (Å²) >= 11 is 0. The Bertz CT molecular complexity index is 382.